The van der Waals surface area contributed by atoms with Crippen molar-refractivity contribution in [2.24, 2.45) is 0 Å². The van der Waals surface area contributed by atoms with Crippen LogP contribution in [0.4, 0.5) is 45.5 Å². The van der Waals surface area contributed by atoms with E-state index in [1.54, 1.807) is 0 Å². The zero-order chi connectivity index (χ0) is 53.8. The molecule has 0 aliphatic carbocycles. The van der Waals surface area contributed by atoms with Crippen molar-refractivity contribution in [1.82, 2.24) is 0 Å². The molecule has 11 aromatic rings. The minimum absolute atomic E-state index is 0.0145. The molecule has 2 aliphatic rings. The first-order chi connectivity index (χ1) is 37.5. The van der Waals surface area contributed by atoms with E-state index >= 15 is 0 Å². The van der Waals surface area contributed by atoms with E-state index in [0.717, 1.165) is 78.6 Å². The number of nitrogens with zero attached hydrogens (tertiary/aromatic N) is 3. The predicted octanol–water partition coefficient (Wildman–Crippen LogP) is 19.3. The summed E-state index contributed by atoms with van der Waals surface area (Å²) in [6.07, 6.45) is 0. The van der Waals surface area contributed by atoms with Gasteiger partial charge in [-0.1, -0.05) is 202 Å². The van der Waals surface area contributed by atoms with Crippen LogP contribution in [-0.4, -0.2) is 6.85 Å². The van der Waals surface area contributed by atoms with Crippen molar-refractivity contribution in [3.05, 3.63) is 241 Å². The molecule has 0 N–H and O–H groups in total. The summed E-state index contributed by atoms with van der Waals surface area (Å²) in [7, 11) is 0. The molecule has 10 aromatic carbocycles. The highest BCUT2D eigenvalue weighted by Gasteiger charge is 2.47. The normalized spacial score (nSPS) is 13.2. The SMILES string of the molecule is Cc1cc(C(C)(C)C)ccc1N1c2cc(-c3ccccc3)ccc2B2c3c(cc4c(oc5ccccc54)c31)-c1cc(N(c3ccc(C(C)(C)C)cc3)c3ccc(C(C)(C)C)cc3)ccc1N2c1ccc(-c2ccccc2)cc1. The summed E-state index contributed by atoms with van der Waals surface area (Å²) in [5.41, 5.74) is 25.3. The lowest BCUT2D eigenvalue weighted by Gasteiger charge is -2.46. The van der Waals surface area contributed by atoms with Gasteiger partial charge in [-0.3, -0.25) is 0 Å². The smallest absolute Gasteiger partial charge is 0.333 e. The lowest BCUT2D eigenvalue weighted by molar-refractivity contribution is 0.589. The zero-order valence-electron chi connectivity index (χ0n) is 46.6. The largest absolute Gasteiger partial charge is 0.454 e. The fourth-order valence-corrected chi connectivity index (χ4v) is 12.2. The predicted molar refractivity (Wildman–Crippen MR) is 334 cm³/mol. The molecule has 0 radical (unpaired) electrons. The molecule has 0 saturated carbocycles. The van der Waals surface area contributed by atoms with Crippen LogP contribution in [0.1, 0.15) is 84.6 Å². The van der Waals surface area contributed by atoms with Crippen molar-refractivity contribution in [3.8, 4) is 33.4 Å². The van der Waals surface area contributed by atoms with Gasteiger partial charge in [0.25, 0.3) is 0 Å². The van der Waals surface area contributed by atoms with E-state index in [-0.39, 0.29) is 23.1 Å². The molecule has 0 atom stereocenters. The summed E-state index contributed by atoms with van der Waals surface area (Å²) in [5, 5.41) is 2.20. The number of anilines is 8. The van der Waals surface area contributed by atoms with Crippen molar-refractivity contribution in [3.63, 3.8) is 0 Å². The quantitative estimate of drug-likeness (QED) is 0.148. The number of fused-ring (bicyclic) bond motifs is 8. The Morgan fingerprint density at radius 3 is 1.54 bits per heavy atom. The molecule has 13 rings (SSSR count). The summed E-state index contributed by atoms with van der Waals surface area (Å²) in [6, 6.07) is 81.6. The van der Waals surface area contributed by atoms with E-state index in [2.05, 4.69) is 302 Å². The minimum atomic E-state index is -0.232. The third kappa shape index (κ3) is 8.30. The van der Waals surface area contributed by atoms with Crippen molar-refractivity contribution in [1.29, 1.82) is 0 Å². The van der Waals surface area contributed by atoms with Gasteiger partial charge in [-0.15, -0.1) is 0 Å². The summed E-state index contributed by atoms with van der Waals surface area (Å²) < 4.78 is 7.29. The standard InChI is InChI=1S/C73H66BN3O/c1-47-43-54(73(8,9)10)32-41-64(47)76-66-44-51(49-21-15-12-16-22-49)27-40-63(66)74-68-61(46-62-59-23-17-18-24-67(59)78-70(62)69(68)76)60-45-58(39-42-65(60)77(74)57-33-25-50(26-34-57)48-19-13-11-14-20-48)75(55-35-28-52(29-36-55)71(2,3)4)56-37-30-53(31-38-56)72(5,6)7/h11-46H,1-10H3. The summed E-state index contributed by atoms with van der Waals surface area (Å²) in [6.45, 7) is 22.7. The maximum Gasteiger partial charge on any atom is 0.333 e. The van der Waals surface area contributed by atoms with E-state index in [0.29, 0.717) is 0 Å². The van der Waals surface area contributed by atoms with Crippen LogP contribution in [0.2, 0.25) is 0 Å². The Bertz CT molecular complexity index is 4020. The molecule has 1 aromatic heterocycles. The van der Waals surface area contributed by atoms with Crippen LogP contribution in [0.5, 0.6) is 0 Å². The molecule has 0 bridgehead atoms. The van der Waals surface area contributed by atoms with Crippen LogP contribution >= 0.6 is 0 Å². The number of hydrogen-bond donors (Lipinski definition) is 0. The number of hydrogen-bond acceptors (Lipinski definition) is 4. The first-order valence-electron chi connectivity index (χ1n) is 27.7. The van der Waals surface area contributed by atoms with Gasteiger partial charge in [0, 0.05) is 56.1 Å². The third-order valence-electron chi connectivity index (χ3n) is 16.4. The Kier molecular flexibility index (Phi) is 11.5. The van der Waals surface area contributed by atoms with Crippen LogP contribution in [0.25, 0.3) is 55.3 Å². The highest BCUT2D eigenvalue weighted by atomic mass is 16.3. The Morgan fingerprint density at radius 1 is 0.410 bits per heavy atom. The molecule has 0 amide bonds. The molecule has 0 spiro atoms. The Balaban J connectivity index is 1.13. The molecule has 0 saturated heterocycles. The van der Waals surface area contributed by atoms with Crippen LogP contribution in [-0.2, 0) is 16.2 Å². The van der Waals surface area contributed by atoms with Gasteiger partial charge in [-0.25, -0.2) is 0 Å². The first-order valence-corrected chi connectivity index (χ1v) is 27.7. The third-order valence-corrected chi connectivity index (χ3v) is 16.4. The molecule has 5 heteroatoms. The van der Waals surface area contributed by atoms with Crippen LogP contribution in [0.3, 0.4) is 0 Å². The van der Waals surface area contributed by atoms with Crippen LogP contribution < -0.4 is 25.5 Å². The van der Waals surface area contributed by atoms with Crippen molar-refractivity contribution >= 4 is 85.2 Å². The van der Waals surface area contributed by atoms with E-state index in [4.69, 9.17) is 4.42 Å². The van der Waals surface area contributed by atoms with E-state index in [1.807, 2.05) is 0 Å². The molecular formula is C73H66BN3O. The molecule has 0 unspecified atom stereocenters. The molecule has 382 valence electrons. The van der Waals surface area contributed by atoms with E-state index < -0.39 is 0 Å². The minimum Gasteiger partial charge on any atom is -0.454 e. The molecule has 4 nitrogen and oxygen atoms in total. The van der Waals surface area contributed by atoms with Gasteiger partial charge in [-0.2, -0.15) is 0 Å². The number of rotatable bonds is 7. The Labute approximate surface area is 461 Å². The molecule has 0 fully saturated rings. The maximum atomic E-state index is 7.29. The number of para-hydroxylation sites is 1. The van der Waals surface area contributed by atoms with Gasteiger partial charge >= 0.3 is 6.85 Å². The van der Waals surface area contributed by atoms with Crippen molar-refractivity contribution in [2.45, 2.75) is 85.5 Å². The highest BCUT2D eigenvalue weighted by Crippen LogP contribution is 2.53. The monoisotopic (exact) mass is 1010 g/mol. The Morgan fingerprint density at radius 2 is 0.936 bits per heavy atom. The average Bonchev–Trinajstić information content (AvgIpc) is 3.32. The van der Waals surface area contributed by atoms with Crippen molar-refractivity contribution in [2.75, 3.05) is 14.6 Å². The van der Waals surface area contributed by atoms with Gasteiger partial charge in [0.2, 0.25) is 0 Å². The lowest BCUT2D eigenvalue weighted by atomic mass is 9.43. The summed E-state index contributed by atoms with van der Waals surface area (Å²) >= 11 is 0. The second kappa shape index (κ2) is 18.3. The van der Waals surface area contributed by atoms with E-state index in [9.17, 15) is 0 Å². The lowest BCUT2D eigenvalue weighted by Crippen LogP contribution is -2.61. The van der Waals surface area contributed by atoms with Crippen LogP contribution in [0.15, 0.2) is 223 Å². The maximum absolute atomic E-state index is 7.29. The number of furan rings is 1. The van der Waals surface area contributed by atoms with Gasteiger partial charge in [0.1, 0.15) is 5.58 Å². The fraction of sp³-hybridized carbons (Fsp3) is 0.178. The van der Waals surface area contributed by atoms with Crippen LogP contribution in [0, 0.1) is 6.92 Å². The molecule has 3 heterocycles. The molecule has 2 aliphatic heterocycles. The topological polar surface area (TPSA) is 22.9 Å². The zero-order valence-corrected chi connectivity index (χ0v) is 46.6. The van der Waals surface area contributed by atoms with Crippen molar-refractivity contribution < 1.29 is 4.42 Å². The highest BCUT2D eigenvalue weighted by molar-refractivity contribution is 6.94. The molecular weight excluding hydrogens is 946 g/mol. The second-order valence-electron chi connectivity index (χ2n) is 24.7. The summed E-state index contributed by atoms with van der Waals surface area (Å²) in [4.78, 5) is 7.60. The number of aryl methyl sites for hydroxylation is 1. The van der Waals surface area contributed by atoms with Gasteiger partial charge < -0.3 is 19.0 Å². The van der Waals surface area contributed by atoms with Gasteiger partial charge in [0.05, 0.1) is 5.69 Å². The van der Waals surface area contributed by atoms with Gasteiger partial charge in [0.15, 0.2) is 5.58 Å². The first kappa shape index (κ1) is 49.1. The summed E-state index contributed by atoms with van der Waals surface area (Å²) in [5.74, 6) is 0. The fourth-order valence-electron chi connectivity index (χ4n) is 12.2. The van der Waals surface area contributed by atoms with Gasteiger partial charge in [-0.05, 0) is 163 Å². The number of benzene rings is 10. The van der Waals surface area contributed by atoms with E-state index in [1.165, 1.54) is 55.4 Å². The Hall–Kier alpha value is -8.54. The average molecular weight is 1010 g/mol. The molecule has 78 heavy (non-hydrogen) atoms. The second-order valence-corrected chi connectivity index (χ2v) is 24.7.